The standard InChI is InChI=1S/C25H29FN6/c1-17-28-16-32(30-17)23-11-19(24(2,3)4)8-7-18(23)13-25(5,6)20-9-21(26)12-22(10-20)31-15-27-14-29-31/h7-12,14-16H,13H2,1-6H3. The number of hydrogen-bond donors (Lipinski definition) is 0. The van der Waals surface area contributed by atoms with Gasteiger partial charge in [-0.15, -0.1) is 0 Å². The normalized spacial score (nSPS) is 12.3. The Bertz CT molecular complexity index is 1230. The Labute approximate surface area is 188 Å². The zero-order valence-electron chi connectivity index (χ0n) is 19.5. The molecule has 0 aliphatic heterocycles. The van der Waals surface area contributed by atoms with Crippen molar-refractivity contribution in [2.75, 3.05) is 0 Å². The largest absolute Gasteiger partial charge is 0.223 e. The van der Waals surface area contributed by atoms with Crippen LogP contribution in [0.3, 0.4) is 0 Å². The molecular weight excluding hydrogens is 403 g/mol. The average molecular weight is 433 g/mol. The molecule has 0 N–H and O–H groups in total. The molecule has 166 valence electrons. The maximum atomic E-state index is 14.5. The van der Waals surface area contributed by atoms with Crippen LogP contribution in [0.1, 0.15) is 57.1 Å². The van der Waals surface area contributed by atoms with E-state index in [4.69, 9.17) is 0 Å². The highest BCUT2D eigenvalue weighted by Gasteiger charge is 2.26. The molecule has 2 aromatic heterocycles. The van der Waals surface area contributed by atoms with Crippen LogP contribution in [0.2, 0.25) is 0 Å². The lowest BCUT2D eigenvalue weighted by Crippen LogP contribution is -2.23. The van der Waals surface area contributed by atoms with E-state index in [2.05, 4.69) is 73.0 Å². The fourth-order valence-corrected chi connectivity index (χ4v) is 3.87. The molecule has 4 aromatic rings. The van der Waals surface area contributed by atoms with E-state index in [1.807, 2.05) is 17.7 Å². The van der Waals surface area contributed by atoms with Gasteiger partial charge < -0.3 is 0 Å². The van der Waals surface area contributed by atoms with E-state index in [9.17, 15) is 4.39 Å². The topological polar surface area (TPSA) is 61.4 Å². The molecule has 0 atom stereocenters. The molecule has 0 aliphatic carbocycles. The van der Waals surface area contributed by atoms with Crippen molar-refractivity contribution in [1.29, 1.82) is 0 Å². The second kappa shape index (κ2) is 7.97. The zero-order valence-corrected chi connectivity index (χ0v) is 19.5. The van der Waals surface area contributed by atoms with Gasteiger partial charge in [0, 0.05) is 0 Å². The van der Waals surface area contributed by atoms with E-state index in [1.165, 1.54) is 18.0 Å². The second-order valence-electron chi connectivity index (χ2n) is 9.93. The van der Waals surface area contributed by atoms with Crippen LogP contribution in [0.25, 0.3) is 11.4 Å². The maximum Gasteiger partial charge on any atom is 0.147 e. The molecule has 2 aromatic carbocycles. The number of aromatic nitrogens is 6. The maximum absolute atomic E-state index is 14.5. The first-order valence-corrected chi connectivity index (χ1v) is 10.7. The Morgan fingerprint density at radius 1 is 0.906 bits per heavy atom. The summed E-state index contributed by atoms with van der Waals surface area (Å²) < 4.78 is 17.9. The number of benzene rings is 2. The lowest BCUT2D eigenvalue weighted by Gasteiger charge is -2.28. The molecule has 0 spiro atoms. The van der Waals surface area contributed by atoms with Crippen LogP contribution in [0, 0.1) is 12.7 Å². The van der Waals surface area contributed by atoms with E-state index in [0.29, 0.717) is 12.1 Å². The molecule has 0 saturated carbocycles. The van der Waals surface area contributed by atoms with Crippen LogP contribution in [0.15, 0.2) is 55.4 Å². The molecule has 0 unspecified atom stereocenters. The minimum absolute atomic E-state index is 0.00762. The Kier molecular flexibility index (Phi) is 5.44. The number of halogens is 1. The molecule has 2 heterocycles. The van der Waals surface area contributed by atoms with Crippen molar-refractivity contribution >= 4 is 0 Å². The van der Waals surface area contributed by atoms with Gasteiger partial charge in [0.15, 0.2) is 0 Å². The number of hydrogen-bond acceptors (Lipinski definition) is 4. The second-order valence-corrected chi connectivity index (χ2v) is 9.93. The third-order valence-corrected chi connectivity index (χ3v) is 5.78. The molecule has 0 radical (unpaired) electrons. The highest BCUT2D eigenvalue weighted by atomic mass is 19.1. The van der Waals surface area contributed by atoms with Crippen LogP contribution in [0.5, 0.6) is 0 Å². The lowest BCUT2D eigenvalue weighted by atomic mass is 9.77. The molecular formula is C25H29FN6. The molecule has 6 nitrogen and oxygen atoms in total. The van der Waals surface area contributed by atoms with Crippen LogP contribution in [-0.2, 0) is 17.3 Å². The summed E-state index contributed by atoms with van der Waals surface area (Å²) in [5, 5.41) is 8.70. The summed E-state index contributed by atoms with van der Waals surface area (Å²) in [5.74, 6) is 0.426. The van der Waals surface area contributed by atoms with E-state index in [-0.39, 0.29) is 16.6 Å². The number of nitrogens with zero attached hydrogens (tertiary/aromatic N) is 6. The van der Waals surface area contributed by atoms with Crippen LogP contribution in [0.4, 0.5) is 4.39 Å². The third kappa shape index (κ3) is 4.47. The fraction of sp³-hybridized carbons (Fsp3) is 0.360. The molecule has 0 saturated heterocycles. The summed E-state index contributed by atoms with van der Waals surface area (Å²) in [5.41, 5.74) is 4.56. The van der Waals surface area contributed by atoms with Crippen molar-refractivity contribution in [1.82, 2.24) is 29.5 Å². The summed E-state index contributed by atoms with van der Waals surface area (Å²) in [6, 6.07) is 11.6. The summed E-state index contributed by atoms with van der Waals surface area (Å²) >= 11 is 0. The van der Waals surface area contributed by atoms with Gasteiger partial charge in [0.2, 0.25) is 0 Å². The Hall–Kier alpha value is -3.35. The van der Waals surface area contributed by atoms with Gasteiger partial charge in [-0.3, -0.25) is 0 Å². The van der Waals surface area contributed by atoms with Crippen molar-refractivity contribution in [2.24, 2.45) is 0 Å². The first-order valence-electron chi connectivity index (χ1n) is 10.7. The van der Waals surface area contributed by atoms with E-state index in [1.54, 1.807) is 23.4 Å². The quantitative estimate of drug-likeness (QED) is 0.439. The van der Waals surface area contributed by atoms with Crippen LogP contribution in [-0.4, -0.2) is 29.5 Å². The predicted molar refractivity (Wildman–Crippen MR) is 123 cm³/mol. The first kappa shape index (κ1) is 21.9. The van der Waals surface area contributed by atoms with Gasteiger partial charge in [0.25, 0.3) is 0 Å². The Morgan fingerprint density at radius 3 is 2.31 bits per heavy atom. The molecule has 0 amide bonds. The highest BCUT2D eigenvalue weighted by molar-refractivity contribution is 5.47. The van der Waals surface area contributed by atoms with Crippen molar-refractivity contribution in [3.63, 3.8) is 0 Å². The monoisotopic (exact) mass is 432 g/mol. The first-order chi connectivity index (χ1) is 15.0. The van der Waals surface area contributed by atoms with Gasteiger partial charge in [-0.2, -0.15) is 10.2 Å². The molecule has 0 bridgehead atoms. The number of rotatable bonds is 5. The summed E-state index contributed by atoms with van der Waals surface area (Å²) in [7, 11) is 0. The van der Waals surface area contributed by atoms with Gasteiger partial charge in [-0.25, -0.2) is 23.7 Å². The van der Waals surface area contributed by atoms with E-state index >= 15 is 0 Å². The molecule has 32 heavy (non-hydrogen) atoms. The van der Waals surface area contributed by atoms with Crippen molar-refractivity contribution < 1.29 is 4.39 Å². The smallest absolute Gasteiger partial charge is 0.147 e. The van der Waals surface area contributed by atoms with Gasteiger partial charge in [-0.1, -0.05) is 46.8 Å². The Balaban J connectivity index is 1.76. The minimum Gasteiger partial charge on any atom is -0.223 e. The van der Waals surface area contributed by atoms with Gasteiger partial charge in [0.05, 0.1) is 11.4 Å². The number of aryl methyl sites for hydroxylation is 1. The molecule has 4 rings (SSSR count). The third-order valence-electron chi connectivity index (χ3n) is 5.78. The predicted octanol–water partition coefficient (Wildman–Crippen LogP) is 5.11. The fourth-order valence-electron chi connectivity index (χ4n) is 3.87. The van der Waals surface area contributed by atoms with Gasteiger partial charge in [-0.05, 0) is 65.1 Å². The summed E-state index contributed by atoms with van der Waals surface area (Å²) in [6.45, 7) is 12.7. The summed E-state index contributed by atoms with van der Waals surface area (Å²) in [6.07, 6.45) is 5.46. The van der Waals surface area contributed by atoms with E-state index in [0.717, 1.165) is 22.6 Å². The van der Waals surface area contributed by atoms with Crippen molar-refractivity contribution in [2.45, 2.75) is 58.8 Å². The molecule has 0 aliphatic rings. The highest BCUT2D eigenvalue weighted by Crippen LogP contribution is 2.33. The lowest BCUT2D eigenvalue weighted by molar-refractivity contribution is 0.512. The van der Waals surface area contributed by atoms with Crippen molar-refractivity contribution in [3.8, 4) is 11.4 Å². The zero-order chi connectivity index (χ0) is 23.1. The summed E-state index contributed by atoms with van der Waals surface area (Å²) in [4.78, 5) is 8.30. The van der Waals surface area contributed by atoms with Gasteiger partial charge in [0.1, 0.15) is 30.6 Å². The van der Waals surface area contributed by atoms with Gasteiger partial charge >= 0.3 is 0 Å². The Morgan fingerprint density at radius 2 is 1.69 bits per heavy atom. The molecule has 7 heteroatoms. The van der Waals surface area contributed by atoms with E-state index < -0.39 is 0 Å². The minimum atomic E-state index is -0.342. The SMILES string of the molecule is Cc1ncn(-c2cc(C(C)(C)C)ccc2CC(C)(C)c2cc(F)cc(-n3cncn3)c2)n1. The molecule has 0 fully saturated rings. The van der Waals surface area contributed by atoms with Crippen LogP contribution >= 0.6 is 0 Å². The van der Waals surface area contributed by atoms with Crippen molar-refractivity contribution in [3.05, 3.63) is 83.7 Å². The van der Waals surface area contributed by atoms with Crippen LogP contribution < -0.4 is 0 Å². The average Bonchev–Trinajstić information content (AvgIpc) is 3.38.